The molecule has 1 saturated heterocycles. The van der Waals surface area contributed by atoms with Crippen molar-refractivity contribution in [2.24, 2.45) is 0 Å². The van der Waals surface area contributed by atoms with Crippen LogP contribution in [0, 0.1) is 0 Å². The molecule has 6 nitrogen and oxygen atoms in total. The van der Waals surface area contributed by atoms with Gasteiger partial charge in [0.2, 0.25) is 11.8 Å². The molecule has 1 fully saturated rings. The Morgan fingerprint density at radius 2 is 1.27 bits per heavy atom. The van der Waals surface area contributed by atoms with E-state index in [9.17, 15) is 9.59 Å². The number of benzene rings is 2. The minimum absolute atomic E-state index is 0.124. The maximum absolute atomic E-state index is 12.4. The number of carbonyl (C=O) groups is 2. The van der Waals surface area contributed by atoms with Crippen molar-refractivity contribution in [3.05, 3.63) is 56.5 Å². The highest BCUT2D eigenvalue weighted by molar-refractivity contribution is 6.42. The van der Waals surface area contributed by atoms with Crippen LogP contribution in [0.5, 0.6) is 0 Å². The largest absolute Gasteiger partial charge is 0.324 e. The zero-order valence-corrected chi connectivity index (χ0v) is 19.0. The summed E-state index contributed by atoms with van der Waals surface area (Å²) in [7, 11) is 0. The van der Waals surface area contributed by atoms with Gasteiger partial charge in [-0.2, -0.15) is 0 Å². The van der Waals surface area contributed by atoms with E-state index < -0.39 is 0 Å². The van der Waals surface area contributed by atoms with Gasteiger partial charge < -0.3 is 10.6 Å². The molecular formula is C20H20Cl4N4O2. The van der Waals surface area contributed by atoms with Crippen LogP contribution in [0.4, 0.5) is 11.4 Å². The summed E-state index contributed by atoms with van der Waals surface area (Å²) in [5.41, 5.74) is 0.946. The Hall–Kier alpha value is -1.54. The first kappa shape index (κ1) is 23.1. The number of rotatable bonds is 6. The fourth-order valence-electron chi connectivity index (χ4n) is 3.10. The number of halogens is 4. The normalized spacial score (nSPS) is 15.1. The molecule has 0 radical (unpaired) electrons. The summed E-state index contributed by atoms with van der Waals surface area (Å²) in [4.78, 5) is 28.7. The molecule has 0 spiro atoms. The fourth-order valence-corrected chi connectivity index (χ4v) is 4.20. The summed E-state index contributed by atoms with van der Waals surface area (Å²) in [6.45, 7) is 3.14. The van der Waals surface area contributed by atoms with E-state index in [1.165, 1.54) is 12.1 Å². The molecule has 0 aromatic heterocycles. The lowest BCUT2D eigenvalue weighted by Gasteiger charge is -2.33. The molecule has 0 unspecified atom stereocenters. The predicted octanol–water partition coefficient (Wildman–Crippen LogP) is 4.50. The number of nitrogens with one attached hydrogen (secondary N) is 2. The standard InChI is InChI=1S/C20H20Cl4N4O2/c21-13-9-15(23)20(16(24)10-13)26-19(30)12-28-7-5-27(6-8-28)11-18(29)25-17-4-2-1-3-14(17)22/h1-4,9-10H,5-8,11-12H2,(H,25,29)(H,26,30). The van der Waals surface area contributed by atoms with Crippen LogP contribution in [0.2, 0.25) is 20.1 Å². The van der Waals surface area contributed by atoms with Gasteiger partial charge >= 0.3 is 0 Å². The van der Waals surface area contributed by atoms with Crippen LogP contribution in [-0.2, 0) is 9.59 Å². The van der Waals surface area contributed by atoms with Crippen molar-refractivity contribution in [2.45, 2.75) is 0 Å². The van der Waals surface area contributed by atoms with Gasteiger partial charge in [-0.1, -0.05) is 58.5 Å². The molecule has 1 aliphatic heterocycles. The van der Waals surface area contributed by atoms with Crippen molar-refractivity contribution in [3.8, 4) is 0 Å². The Morgan fingerprint density at radius 3 is 1.80 bits per heavy atom. The maximum atomic E-state index is 12.4. The Morgan fingerprint density at radius 1 is 0.767 bits per heavy atom. The quantitative estimate of drug-likeness (QED) is 0.627. The van der Waals surface area contributed by atoms with Gasteiger partial charge in [0.15, 0.2) is 0 Å². The molecule has 2 amide bonds. The van der Waals surface area contributed by atoms with E-state index in [1.54, 1.807) is 12.1 Å². The van der Waals surface area contributed by atoms with Gasteiger partial charge in [0.1, 0.15) is 0 Å². The second-order valence-electron chi connectivity index (χ2n) is 6.87. The molecule has 2 aromatic rings. The van der Waals surface area contributed by atoms with Crippen LogP contribution in [-0.4, -0.2) is 60.9 Å². The summed E-state index contributed by atoms with van der Waals surface area (Å²) >= 11 is 24.2. The van der Waals surface area contributed by atoms with E-state index in [0.717, 1.165) is 0 Å². The van der Waals surface area contributed by atoms with Crippen LogP contribution >= 0.6 is 46.4 Å². The highest BCUT2D eigenvalue weighted by atomic mass is 35.5. The average molecular weight is 490 g/mol. The van der Waals surface area contributed by atoms with E-state index in [1.807, 2.05) is 21.9 Å². The van der Waals surface area contributed by atoms with E-state index in [4.69, 9.17) is 46.4 Å². The summed E-state index contributed by atoms with van der Waals surface area (Å²) in [6, 6.07) is 10.2. The Labute approximate surface area is 195 Å². The number of piperazine rings is 1. The first-order chi connectivity index (χ1) is 14.3. The lowest BCUT2D eigenvalue weighted by molar-refractivity contribution is -0.120. The van der Waals surface area contributed by atoms with Crippen molar-refractivity contribution < 1.29 is 9.59 Å². The minimum atomic E-state index is -0.217. The maximum Gasteiger partial charge on any atom is 0.238 e. The molecule has 160 valence electrons. The highest BCUT2D eigenvalue weighted by Gasteiger charge is 2.21. The zero-order chi connectivity index (χ0) is 21.7. The fraction of sp³-hybridized carbons (Fsp3) is 0.300. The Bertz CT molecular complexity index is 910. The second-order valence-corrected chi connectivity index (χ2v) is 8.53. The molecular weight excluding hydrogens is 470 g/mol. The van der Waals surface area contributed by atoms with Crippen molar-refractivity contribution in [2.75, 3.05) is 49.9 Å². The van der Waals surface area contributed by atoms with Gasteiger partial charge in [-0.25, -0.2) is 0 Å². The van der Waals surface area contributed by atoms with Gasteiger partial charge in [0.05, 0.1) is 39.5 Å². The van der Waals surface area contributed by atoms with Gasteiger partial charge in [-0.05, 0) is 24.3 Å². The van der Waals surface area contributed by atoms with Crippen LogP contribution in [0.15, 0.2) is 36.4 Å². The summed E-state index contributed by atoms with van der Waals surface area (Å²) in [5, 5.41) is 7.03. The first-order valence-electron chi connectivity index (χ1n) is 9.25. The van der Waals surface area contributed by atoms with Gasteiger partial charge in [-0.15, -0.1) is 0 Å². The molecule has 2 N–H and O–H groups in total. The molecule has 1 aliphatic rings. The Kier molecular flexibility index (Phi) is 8.22. The molecule has 2 aromatic carbocycles. The molecule has 1 heterocycles. The van der Waals surface area contributed by atoms with E-state index >= 15 is 0 Å². The second kappa shape index (κ2) is 10.7. The third-order valence-corrected chi connectivity index (χ3v) is 5.76. The van der Waals surface area contributed by atoms with Crippen LogP contribution < -0.4 is 10.6 Å². The number of amides is 2. The van der Waals surface area contributed by atoms with Gasteiger partial charge in [0.25, 0.3) is 0 Å². The van der Waals surface area contributed by atoms with Crippen molar-refractivity contribution in [1.82, 2.24) is 9.80 Å². The van der Waals surface area contributed by atoms with Gasteiger partial charge in [0, 0.05) is 31.2 Å². The number of para-hydroxylation sites is 1. The van der Waals surface area contributed by atoms with Crippen LogP contribution in [0.25, 0.3) is 0 Å². The van der Waals surface area contributed by atoms with E-state index in [-0.39, 0.29) is 34.9 Å². The molecule has 0 aliphatic carbocycles. The van der Waals surface area contributed by atoms with E-state index in [2.05, 4.69) is 10.6 Å². The van der Waals surface area contributed by atoms with Crippen molar-refractivity contribution in [3.63, 3.8) is 0 Å². The third-order valence-electron chi connectivity index (χ3n) is 4.62. The SMILES string of the molecule is O=C(CN1CCN(CC(=O)Nc2c(Cl)cc(Cl)cc2Cl)CC1)Nc1ccccc1Cl. The molecule has 0 atom stereocenters. The highest BCUT2D eigenvalue weighted by Crippen LogP contribution is 2.33. The van der Waals surface area contributed by atoms with E-state index in [0.29, 0.717) is 47.6 Å². The predicted molar refractivity (Wildman–Crippen MR) is 123 cm³/mol. The lowest BCUT2D eigenvalue weighted by Crippen LogP contribution is -2.50. The Balaban J connectivity index is 1.44. The third kappa shape index (κ3) is 6.48. The average Bonchev–Trinajstić information content (AvgIpc) is 2.68. The molecule has 0 saturated carbocycles. The monoisotopic (exact) mass is 488 g/mol. The zero-order valence-electron chi connectivity index (χ0n) is 15.9. The van der Waals surface area contributed by atoms with Gasteiger partial charge in [-0.3, -0.25) is 19.4 Å². The number of carbonyl (C=O) groups excluding carboxylic acids is 2. The number of anilines is 2. The number of nitrogens with zero attached hydrogens (tertiary/aromatic N) is 2. The van der Waals surface area contributed by atoms with Crippen molar-refractivity contribution >= 4 is 69.6 Å². The molecule has 30 heavy (non-hydrogen) atoms. The minimum Gasteiger partial charge on any atom is -0.324 e. The topological polar surface area (TPSA) is 64.7 Å². The molecule has 10 heteroatoms. The smallest absolute Gasteiger partial charge is 0.238 e. The van der Waals surface area contributed by atoms with Crippen molar-refractivity contribution in [1.29, 1.82) is 0 Å². The van der Waals surface area contributed by atoms with Crippen LogP contribution in [0.1, 0.15) is 0 Å². The summed E-state index contributed by atoms with van der Waals surface area (Å²) < 4.78 is 0. The van der Waals surface area contributed by atoms with Crippen LogP contribution in [0.3, 0.4) is 0 Å². The summed E-state index contributed by atoms with van der Waals surface area (Å²) in [6.07, 6.45) is 0. The number of hydrogen-bond donors (Lipinski definition) is 2. The first-order valence-corrected chi connectivity index (χ1v) is 10.8. The number of hydrogen-bond acceptors (Lipinski definition) is 4. The lowest BCUT2D eigenvalue weighted by atomic mass is 10.2. The molecule has 3 rings (SSSR count). The summed E-state index contributed by atoms with van der Waals surface area (Å²) in [5.74, 6) is -0.340. The molecule has 0 bridgehead atoms.